The van der Waals surface area contributed by atoms with Crippen LogP contribution in [0.2, 0.25) is 5.02 Å². The lowest BCUT2D eigenvalue weighted by Crippen LogP contribution is -2.46. The minimum absolute atomic E-state index is 0.197. The predicted molar refractivity (Wildman–Crippen MR) is 88.1 cm³/mol. The van der Waals surface area contributed by atoms with Crippen LogP contribution in [0.5, 0.6) is 5.88 Å². The molecule has 3 rings (SSSR count). The van der Waals surface area contributed by atoms with Crippen LogP contribution in [0.25, 0.3) is 0 Å². The maximum atomic E-state index is 11.6. The number of nitrogens with zero attached hydrogens (tertiary/aromatic N) is 4. The first-order valence-corrected chi connectivity index (χ1v) is 7.75. The Bertz CT molecular complexity index is 728. The smallest absolute Gasteiger partial charge is 0.285 e. The van der Waals surface area contributed by atoms with Gasteiger partial charge >= 0.3 is 0 Å². The molecule has 0 unspecified atom stereocenters. The van der Waals surface area contributed by atoms with Crippen molar-refractivity contribution in [2.75, 3.05) is 38.2 Å². The minimum atomic E-state index is -0.355. The molecule has 8 heteroatoms. The lowest BCUT2D eigenvalue weighted by Gasteiger charge is -2.36. The third kappa shape index (κ3) is 3.46. The Morgan fingerprint density at radius 2 is 2.13 bits per heavy atom. The molecule has 1 N–H and O–H groups in total. The van der Waals surface area contributed by atoms with Gasteiger partial charge in [0.1, 0.15) is 5.02 Å². The third-order valence-corrected chi connectivity index (χ3v) is 4.29. The SMILES string of the molecule is COc1ncccc1CN1CCN(c2cn[nH]c(=O)c2Cl)CC1. The van der Waals surface area contributed by atoms with E-state index in [1.165, 1.54) is 0 Å². The van der Waals surface area contributed by atoms with Crippen molar-refractivity contribution in [2.24, 2.45) is 0 Å². The number of aromatic nitrogens is 3. The molecular weight excluding hydrogens is 318 g/mol. The zero-order valence-electron chi connectivity index (χ0n) is 12.8. The second kappa shape index (κ2) is 6.97. The second-order valence-corrected chi connectivity index (χ2v) is 5.71. The topological polar surface area (TPSA) is 74.3 Å². The zero-order chi connectivity index (χ0) is 16.2. The fourth-order valence-electron chi connectivity index (χ4n) is 2.71. The molecule has 7 nitrogen and oxygen atoms in total. The number of hydrogen-bond donors (Lipinski definition) is 1. The van der Waals surface area contributed by atoms with Crippen LogP contribution in [0, 0.1) is 0 Å². The molecule has 1 aliphatic rings. The first-order valence-electron chi connectivity index (χ1n) is 7.37. The monoisotopic (exact) mass is 335 g/mol. The van der Waals surface area contributed by atoms with Crippen molar-refractivity contribution in [3.63, 3.8) is 0 Å². The van der Waals surface area contributed by atoms with Gasteiger partial charge in [0, 0.05) is 44.5 Å². The van der Waals surface area contributed by atoms with Crippen molar-refractivity contribution in [3.8, 4) is 5.88 Å². The van der Waals surface area contributed by atoms with E-state index in [0.29, 0.717) is 11.6 Å². The van der Waals surface area contributed by atoms with Gasteiger partial charge in [-0.05, 0) is 6.07 Å². The molecule has 2 aromatic rings. The molecule has 0 saturated carbocycles. The maximum absolute atomic E-state index is 11.6. The highest BCUT2D eigenvalue weighted by molar-refractivity contribution is 6.32. The van der Waals surface area contributed by atoms with Crippen LogP contribution in [0.4, 0.5) is 5.69 Å². The van der Waals surface area contributed by atoms with Crippen molar-refractivity contribution in [2.45, 2.75) is 6.54 Å². The zero-order valence-corrected chi connectivity index (χ0v) is 13.6. The standard InChI is InChI=1S/C15H18ClN5O2/c1-23-15-11(3-2-4-17-15)10-20-5-7-21(8-6-20)12-9-18-19-14(22)13(12)16/h2-4,9H,5-8,10H2,1H3,(H,19,22). The largest absolute Gasteiger partial charge is 0.481 e. The Labute approximate surface area is 138 Å². The van der Waals surface area contributed by atoms with Gasteiger partial charge in [-0.25, -0.2) is 10.1 Å². The van der Waals surface area contributed by atoms with Gasteiger partial charge in [-0.3, -0.25) is 9.69 Å². The first kappa shape index (κ1) is 15.8. The van der Waals surface area contributed by atoms with E-state index in [1.54, 1.807) is 19.5 Å². The minimum Gasteiger partial charge on any atom is -0.481 e. The highest BCUT2D eigenvalue weighted by Gasteiger charge is 2.21. The average molecular weight is 336 g/mol. The Morgan fingerprint density at radius 3 is 2.87 bits per heavy atom. The number of nitrogens with one attached hydrogen (secondary N) is 1. The molecule has 0 spiro atoms. The van der Waals surface area contributed by atoms with E-state index in [2.05, 4.69) is 25.0 Å². The van der Waals surface area contributed by atoms with Crippen LogP contribution in [-0.2, 0) is 6.54 Å². The number of methoxy groups -OCH3 is 1. The average Bonchev–Trinajstić information content (AvgIpc) is 2.59. The van der Waals surface area contributed by atoms with Crippen molar-refractivity contribution in [1.82, 2.24) is 20.1 Å². The summed E-state index contributed by atoms with van der Waals surface area (Å²) in [4.78, 5) is 20.2. The third-order valence-electron chi connectivity index (χ3n) is 3.93. The van der Waals surface area contributed by atoms with Gasteiger partial charge in [-0.15, -0.1) is 0 Å². The van der Waals surface area contributed by atoms with Gasteiger partial charge < -0.3 is 9.64 Å². The number of anilines is 1. The molecular formula is C15H18ClN5O2. The molecule has 122 valence electrons. The van der Waals surface area contributed by atoms with Gasteiger partial charge in [0.05, 0.1) is 19.0 Å². The molecule has 23 heavy (non-hydrogen) atoms. The van der Waals surface area contributed by atoms with E-state index in [-0.39, 0.29) is 10.6 Å². The fraction of sp³-hybridized carbons (Fsp3) is 0.400. The van der Waals surface area contributed by atoms with E-state index in [4.69, 9.17) is 16.3 Å². The Hall–Kier alpha value is -2.12. The van der Waals surface area contributed by atoms with E-state index >= 15 is 0 Å². The number of halogens is 1. The van der Waals surface area contributed by atoms with Gasteiger partial charge in [-0.1, -0.05) is 17.7 Å². The number of hydrogen-bond acceptors (Lipinski definition) is 6. The van der Waals surface area contributed by atoms with Gasteiger partial charge in [0.2, 0.25) is 5.88 Å². The van der Waals surface area contributed by atoms with E-state index in [0.717, 1.165) is 38.3 Å². The van der Waals surface area contributed by atoms with Crippen LogP contribution < -0.4 is 15.2 Å². The molecule has 2 aromatic heterocycles. The number of pyridine rings is 1. The van der Waals surface area contributed by atoms with Crippen LogP contribution in [0.15, 0.2) is 29.3 Å². The van der Waals surface area contributed by atoms with Gasteiger partial charge in [0.15, 0.2) is 0 Å². The summed E-state index contributed by atoms with van der Waals surface area (Å²) >= 11 is 6.07. The summed E-state index contributed by atoms with van der Waals surface area (Å²) in [6, 6.07) is 3.94. The summed E-state index contributed by atoms with van der Waals surface area (Å²) < 4.78 is 5.29. The predicted octanol–water partition coefficient (Wildman–Crippen LogP) is 1.15. The summed E-state index contributed by atoms with van der Waals surface area (Å²) in [6.07, 6.45) is 3.33. The van der Waals surface area contributed by atoms with Crippen LogP contribution in [0.1, 0.15) is 5.56 Å². The summed E-state index contributed by atoms with van der Waals surface area (Å²) in [5.74, 6) is 0.664. The van der Waals surface area contributed by atoms with Crippen LogP contribution in [0.3, 0.4) is 0 Å². The summed E-state index contributed by atoms with van der Waals surface area (Å²) in [5.41, 5.74) is 1.40. The highest BCUT2D eigenvalue weighted by Crippen LogP contribution is 2.23. The molecule has 0 amide bonds. The highest BCUT2D eigenvalue weighted by atomic mass is 35.5. The molecule has 1 saturated heterocycles. The van der Waals surface area contributed by atoms with Crippen molar-refractivity contribution >= 4 is 17.3 Å². The van der Waals surface area contributed by atoms with E-state index in [1.807, 2.05) is 12.1 Å². The molecule has 3 heterocycles. The summed E-state index contributed by atoms with van der Waals surface area (Å²) in [5, 5.41) is 6.36. The second-order valence-electron chi connectivity index (χ2n) is 5.33. The Balaban J connectivity index is 1.64. The van der Waals surface area contributed by atoms with Crippen molar-refractivity contribution in [1.29, 1.82) is 0 Å². The first-order chi connectivity index (χ1) is 11.2. The number of H-pyrrole nitrogens is 1. The quantitative estimate of drug-likeness (QED) is 0.903. The van der Waals surface area contributed by atoms with Crippen LogP contribution in [-0.4, -0.2) is 53.4 Å². The fourth-order valence-corrected chi connectivity index (χ4v) is 2.92. The Morgan fingerprint density at radius 1 is 1.35 bits per heavy atom. The molecule has 0 atom stereocenters. The van der Waals surface area contributed by atoms with E-state index in [9.17, 15) is 4.79 Å². The maximum Gasteiger partial charge on any atom is 0.285 e. The molecule has 0 bridgehead atoms. The normalized spacial score (nSPS) is 15.7. The summed E-state index contributed by atoms with van der Waals surface area (Å²) in [7, 11) is 1.63. The van der Waals surface area contributed by atoms with E-state index < -0.39 is 0 Å². The lowest BCUT2D eigenvalue weighted by molar-refractivity contribution is 0.245. The molecule has 1 fully saturated rings. The van der Waals surface area contributed by atoms with Gasteiger partial charge in [-0.2, -0.15) is 5.10 Å². The number of aromatic amines is 1. The van der Waals surface area contributed by atoms with Crippen LogP contribution >= 0.6 is 11.6 Å². The molecule has 0 aromatic carbocycles. The van der Waals surface area contributed by atoms with Gasteiger partial charge in [0.25, 0.3) is 5.56 Å². The molecule has 1 aliphatic heterocycles. The molecule has 0 radical (unpaired) electrons. The molecule has 0 aliphatic carbocycles. The van der Waals surface area contributed by atoms with Crippen molar-refractivity contribution in [3.05, 3.63) is 45.5 Å². The number of ether oxygens (including phenoxy) is 1. The number of piperazine rings is 1. The number of rotatable bonds is 4. The Kier molecular flexibility index (Phi) is 4.78. The lowest BCUT2D eigenvalue weighted by atomic mass is 10.2. The van der Waals surface area contributed by atoms with Crippen molar-refractivity contribution < 1.29 is 4.74 Å². The summed E-state index contributed by atoms with van der Waals surface area (Å²) in [6.45, 7) is 4.08.